The number of nitrogens with one attached hydrogen (secondary N) is 2. The first-order valence-electron chi connectivity index (χ1n) is 12.5. The van der Waals surface area contributed by atoms with Gasteiger partial charge in [-0.05, 0) is 73.5 Å². The molecule has 0 saturated heterocycles. The Balaban J connectivity index is 2.49. The fourth-order valence-electron chi connectivity index (χ4n) is 4.32. The second kappa shape index (κ2) is 13.1. The van der Waals surface area contributed by atoms with Crippen molar-refractivity contribution in [2.24, 2.45) is 0 Å². The number of carbonyl (C=O) groups excluding carboxylic acids is 2. The maximum atomic E-state index is 14.0. The molecule has 0 aliphatic carbocycles. The van der Waals surface area contributed by atoms with Gasteiger partial charge in [-0.15, -0.1) is 0 Å². The van der Waals surface area contributed by atoms with Crippen LogP contribution in [-0.2, 0) is 20.2 Å². The van der Waals surface area contributed by atoms with Crippen molar-refractivity contribution in [3.05, 3.63) is 62.2 Å². The van der Waals surface area contributed by atoms with Gasteiger partial charge in [0.25, 0.3) is 17.4 Å². The van der Waals surface area contributed by atoms with Crippen LogP contribution in [0.1, 0.15) is 65.5 Å². The highest BCUT2D eigenvalue weighted by molar-refractivity contribution is 14.1. The van der Waals surface area contributed by atoms with Gasteiger partial charge in [-0.25, -0.2) is 8.42 Å². The summed E-state index contributed by atoms with van der Waals surface area (Å²) in [5.41, 5.74) is -7.45. The molecule has 0 saturated carbocycles. The Bertz CT molecular complexity index is 1410. The lowest BCUT2D eigenvalue weighted by molar-refractivity contribution is -0.389. The standard InChI is InChI=1S/C27H31F6IN2O5S/c1-6-7-13-41-25(26(28,29)30,27(31,32)33)17-11-12-20(16(2)14-17)35-22(37)18-9-8-10-19(34)21(18)23(38)36-24(3,4)15-42(5,39)40/h8-12,14H,6-7,13,15H2,1-5H3,(H,35,37)(H,36,38). The summed E-state index contributed by atoms with van der Waals surface area (Å²) in [6.07, 6.45) is -10.4. The van der Waals surface area contributed by atoms with Crippen LogP contribution in [0.15, 0.2) is 36.4 Å². The molecule has 0 heterocycles. The lowest BCUT2D eigenvalue weighted by Crippen LogP contribution is -2.56. The zero-order valence-corrected chi connectivity index (χ0v) is 26.4. The zero-order chi connectivity index (χ0) is 32.3. The number of benzene rings is 2. The molecular weight excluding hydrogens is 705 g/mol. The maximum absolute atomic E-state index is 14.0. The van der Waals surface area contributed by atoms with Crippen molar-refractivity contribution < 1.29 is 49.1 Å². The van der Waals surface area contributed by atoms with E-state index in [9.17, 15) is 44.3 Å². The summed E-state index contributed by atoms with van der Waals surface area (Å²) in [5.74, 6) is -2.01. The first-order valence-corrected chi connectivity index (χ1v) is 15.7. The molecule has 0 aliphatic heterocycles. The molecule has 2 N–H and O–H groups in total. The molecule has 2 aromatic carbocycles. The van der Waals surface area contributed by atoms with Crippen LogP contribution in [-0.4, -0.2) is 56.7 Å². The van der Waals surface area contributed by atoms with E-state index in [-0.39, 0.29) is 34.6 Å². The maximum Gasteiger partial charge on any atom is 0.430 e. The summed E-state index contributed by atoms with van der Waals surface area (Å²) in [5, 5.41) is 5.02. The number of hydrogen-bond acceptors (Lipinski definition) is 5. The minimum Gasteiger partial charge on any atom is -0.354 e. The number of sulfone groups is 1. The highest BCUT2D eigenvalue weighted by atomic mass is 127. The minimum absolute atomic E-state index is 0.0295. The van der Waals surface area contributed by atoms with E-state index in [4.69, 9.17) is 0 Å². The minimum atomic E-state index is -5.84. The van der Waals surface area contributed by atoms with Crippen LogP contribution < -0.4 is 10.6 Å². The quantitative estimate of drug-likeness (QED) is 0.155. The Morgan fingerprint density at radius 3 is 2.07 bits per heavy atom. The lowest BCUT2D eigenvalue weighted by Gasteiger charge is -2.37. The molecule has 2 rings (SSSR count). The van der Waals surface area contributed by atoms with Crippen LogP contribution in [0, 0.1) is 10.5 Å². The number of aryl methyl sites for hydroxylation is 1. The number of ether oxygens (including phenoxy) is 1. The van der Waals surface area contributed by atoms with Crippen LogP contribution >= 0.6 is 22.6 Å². The van der Waals surface area contributed by atoms with Gasteiger partial charge < -0.3 is 15.4 Å². The topological polar surface area (TPSA) is 102 Å². The predicted octanol–water partition coefficient (Wildman–Crippen LogP) is 6.54. The van der Waals surface area contributed by atoms with Crippen LogP contribution in [0.2, 0.25) is 0 Å². The van der Waals surface area contributed by atoms with E-state index >= 15 is 0 Å². The first-order chi connectivity index (χ1) is 19.1. The van der Waals surface area contributed by atoms with E-state index in [0.29, 0.717) is 22.1 Å². The van der Waals surface area contributed by atoms with E-state index in [1.807, 2.05) is 22.6 Å². The molecule has 234 valence electrons. The van der Waals surface area contributed by atoms with Crippen molar-refractivity contribution in [2.45, 2.75) is 64.0 Å². The first kappa shape index (κ1) is 35.8. The van der Waals surface area contributed by atoms with E-state index in [1.165, 1.54) is 39.0 Å². The molecular formula is C27H31F6IN2O5S. The molecule has 2 amide bonds. The smallest absolute Gasteiger partial charge is 0.354 e. The number of unbranched alkanes of at least 4 members (excludes halogenated alkanes) is 1. The number of carbonyl (C=O) groups is 2. The van der Waals surface area contributed by atoms with E-state index in [0.717, 1.165) is 12.3 Å². The summed E-state index contributed by atoms with van der Waals surface area (Å²) in [4.78, 5) is 26.4. The van der Waals surface area contributed by atoms with Crippen LogP contribution in [0.4, 0.5) is 32.0 Å². The molecule has 0 fully saturated rings. The van der Waals surface area contributed by atoms with Gasteiger partial charge in [-0.2, -0.15) is 26.3 Å². The van der Waals surface area contributed by atoms with E-state index in [2.05, 4.69) is 15.4 Å². The molecule has 0 unspecified atom stereocenters. The van der Waals surface area contributed by atoms with Gasteiger partial charge in [0.1, 0.15) is 9.84 Å². The van der Waals surface area contributed by atoms with Gasteiger partial charge in [0.2, 0.25) is 0 Å². The Hall–Kier alpha value is -2.40. The molecule has 0 aliphatic rings. The SMILES string of the molecule is CCCCOC(c1ccc(NC(=O)c2cccc(I)c2C(=O)NC(C)(C)CS(C)(=O)=O)c(C)c1)(C(F)(F)F)C(F)(F)F. The fraction of sp³-hybridized carbons (Fsp3) is 0.481. The number of halogens is 7. The van der Waals surface area contributed by atoms with Crippen LogP contribution in [0.3, 0.4) is 0 Å². The van der Waals surface area contributed by atoms with Crippen molar-refractivity contribution in [2.75, 3.05) is 23.9 Å². The van der Waals surface area contributed by atoms with Crippen molar-refractivity contribution in [3.63, 3.8) is 0 Å². The van der Waals surface area contributed by atoms with Crippen LogP contribution in [0.25, 0.3) is 0 Å². The molecule has 0 atom stereocenters. The number of rotatable bonds is 11. The summed E-state index contributed by atoms with van der Waals surface area (Å²) in [6.45, 7) is 5.00. The van der Waals surface area contributed by atoms with Gasteiger partial charge in [0.05, 0.1) is 16.9 Å². The number of alkyl halides is 6. The second-order valence-electron chi connectivity index (χ2n) is 10.4. The second-order valence-corrected chi connectivity index (χ2v) is 13.7. The zero-order valence-electron chi connectivity index (χ0n) is 23.4. The summed E-state index contributed by atoms with van der Waals surface area (Å²) < 4.78 is 113. The number of hydrogen-bond donors (Lipinski definition) is 2. The summed E-state index contributed by atoms with van der Waals surface area (Å²) >= 11 is 1.81. The number of amides is 2. The summed E-state index contributed by atoms with van der Waals surface area (Å²) in [6, 6.07) is 6.45. The predicted molar refractivity (Wildman–Crippen MR) is 154 cm³/mol. The van der Waals surface area contributed by atoms with Crippen molar-refractivity contribution in [1.82, 2.24) is 5.32 Å². The fourth-order valence-corrected chi connectivity index (χ4v) is 6.45. The van der Waals surface area contributed by atoms with Gasteiger partial charge in [-0.1, -0.05) is 31.5 Å². The highest BCUT2D eigenvalue weighted by Gasteiger charge is 2.73. The Morgan fingerprint density at radius 2 is 1.57 bits per heavy atom. The monoisotopic (exact) mass is 736 g/mol. The third-order valence-electron chi connectivity index (χ3n) is 6.06. The number of anilines is 1. The van der Waals surface area contributed by atoms with Gasteiger partial charge in [-0.3, -0.25) is 9.59 Å². The normalized spacial score (nSPS) is 13.1. The van der Waals surface area contributed by atoms with Gasteiger partial charge >= 0.3 is 12.4 Å². The third kappa shape index (κ3) is 8.36. The van der Waals surface area contributed by atoms with E-state index in [1.54, 1.807) is 6.92 Å². The molecule has 15 heteroatoms. The molecule has 42 heavy (non-hydrogen) atoms. The Labute approximate surface area is 253 Å². The van der Waals surface area contributed by atoms with E-state index < -0.39 is 57.3 Å². The molecule has 7 nitrogen and oxygen atoms in total. The summed E-state index contributed by atoms with van der Waals surface area (Å²) in [7, 11) is -3.48. The third-order valence-corrected chi connectivity index (χ3v) is 8.20. The van der Waals surface area contributed by atoms with Gasteiger partial charge in [0.15, 0.2) is 0 Å². The lowest BCUT2D eigenvalue weighted by atomic mass is 9.90. The Kier molecular flexibility index (Phi) is 11.1. The van der Waals surface area contributed by atoms with Crippen molar-refractivity contribution >= 4 is 49.9 Å². The largest absolute Gasteiger partial charge is 0.430 e. The average molecular weight is 737 g/mol. The molecule has 0 bridgehead atoms. The van der Waals surface area contributed by atoms with Gasteiger partial charge in [0, 0.05) is 33.2 Å². The molecule has 0 aromatic heterocycles. The average Bonchev–Trinajstić information content (AvgIpc) is 2.79. The molecule has 0 spiro atoms. The van der Waals surface area contributed by atoms with Crippen molar-refractivity contribution in [3.8, 4) is 0 Å². The molecule has 2 aromatic rings. The highest BCUT2D eigenvalue weighted by Crippen LogP contribution is 2.53. The Morgan fingerprint density at radius 1 is 0.976 bits per heavy atom. The van der Waals surface area contributed by atoms with Crippen LogP contribution in [0.5, 0.6) is 0 Å². The molecule has 0 radical (unpaired) electrons. The van der Waals surface area contributed by atoms with Crippen molar-refractivity contribution in [1.29, 1.82) is 0 Å².